The lowest BCUT2D eigenvalue weighted by atomic mass is 9.99. The first kappa shape index (κ1) is 17.9. The van der Waals surface area contributed by atoms with Gasteiger partial charge < -0.3 is 10.2 Å². The molecule has 0 unspecified atom stereocenters. The molecule has 1 aromatic heterocycles. The van der Waals surface area contributed by atoms with Gasteiger partial charge in [0.05, 0.1) is 5.39 Å². The summed E-state index contributed by atoms with van der Waals surface area (Å²) in [6, 6.07) is 14.1. The molecule has 0 aliphatic carbocycles. The number of anilines is 2. The molecule has 6 heteroatoms. The van der Waals surface area contributed by atoms with Crippen LogP contribution in [0.15, 0.2) is 47.3 Å². The van der Waals surface area contributed by atoms with Crippen LogP contribution in [0.1, 0.15) is 25.3 Å². The number of H-pyrrole nitrogens is 1. The van der Waals surface area contributed by atoms with E-state index in [-0.39, 0.29) is 5.56 Å². The van der Waals surface area contributed by atoms with Crippen LogP contribution in [0.4, 0.5) is 11.4 Å². The molecule has 1 aliphatic rings. The minimum atomic E-state index is -0.231. The van der Waals surface area contributed by atoms with Gasteiger partial charge in [-0.15, -0.1) is 0 Å². The number of aromatic amines is 1. The fourth-order valence-corrected chi connectivity index (χ4v) is 4.02. The van der Waals surface area contributed by atoms with E-state index in [1.54, 1.807) is 6.07 Å². The Hall–Kier alpha value is -2.53. The van der Waals surface area contributed by atoms with Crippen molar-refractivity contribution in [1.82, 2.24) is 10.2 Å². The van der Waals surface area contributed by atoms with Crippen molar-refractivity contribution >= 4 is 33.7 Å². The Balaban J connectivity index is 1.56. The van der Waals surface area contributed by atoms with Crippen molar-refractivity contribution in [2.75, 3.05) is 23.3 Å². The second-order valence-corrected chi connectivity index (χ2v) is 7.64. The molecule has 5 nitrogen and oxygen atoms in total. The molecular formula is C21H23ClN4O. The molecule has 2 heterocycles. The van der Waals surface area contributed by atoms with Gasteiger partial charge in [0.15, 0.2) is 5.15 Å². The van der Waals surface area contributed by atoms with Crippen LogP contribution in [0.25, 0.3) is 10.8 Å². The standard InChI is InChI=1S/C21H23ClN4O/c1-14-5-4-10-26(13-14)19-7-3-2-6-15(19)12-23-16-8-9-17-18(11-16)20(22)24-25-21(17)27/h2-3,6-9,11,14,23H,4-5,10,12-13H2,1H3,(H,25,27)/t14-/m0/s1. The van der Waals surface area contributed by atoms with Crippen LogP contribution < -0.4 is 15.8 Å². The average molecular weight is 383 g/mol. The molecule has 1 atom stereocenters. The molecule has 0 amide bonds. The van der Waals surface area contributed by atoms with Crippen molar-refractivity contribution in [2.24, 2.45) is 5.92 Å². The van der Waals surface area contributed by atoms with Gasteiger partial charge in [-0.2, -0.15) is 5.10 Å². The van der Waals surface area contributed by atoms with Gasteiger partial charge in [-0.1, -0.05) is 36.7 Å². The van der Waals surface area contributed by atoms with Crippen molar-refractivity contribution in [3.05, 3.63) is 63.5 Å². The summed E-state index contributed by atoms with van der Waals surface area (Å²) in [5, 5.41) is 11.2. The number of para-hydroxylation sites is 1. The maximum absolute atomic E-state index is 11.9. The van der Waals surface area contributed by atoms with Gasteiger partial charge in [0.1, 0.15) is 0 Å². The SMILES string of the molecule is C[C@H]1CCCN(c2ccccc2CNc2ccc3c(=O)[nH]nc(Cl)c3c2)C1. The number of benzene rings is 2. The molecule has 0 radical (unpaired) electrons. The predicted octanol–water partition coefficient (Wildman–Crippen LogP) is 4.42. The van der Waals surface area contributed by atoms with E-state index in [1.807, 2.05) is 12.1 Å². The largest absolute Gasteiger partial charge is 0.381 e. The normalized spacial score (nSPS) is 17.3. The quantitative estimate of drug-likeness (QED) is 0.701. The molecule has 1 fully saturated rings. The summed E-state index contributed by atoms with van der Waals surface area (Å²) in [4.78, 5) is 14.4. The van der Waals surface area contributed by atoms with Crippen LogP contribution in [0.5, 0.6) is 0 Å². The molecule has 4 rings (SSSR count). The van der Waals surface area contributed by atoms with Gasteiger partial charge in [-0.25, -0.2) is 5.10 Å². The first-order valence-corrected chi connectivity index (χ1v) is 9.74. The van der Waals surface area contributed by atoms with Crippen molar-refractivity contribution in [2.45, 2.75) is 26.3 Å². The summed E-state index contributed by atoms with van der Waals surface area (Å²) >= 11 is 6.14. The predicted molar refractivity (Wildman–Crippen MR) is 112 cm³/mol. The van der Waals surface area contributed by atoms with E-state index < -0.39 is 0 Å². The molecule has 140 valence electrons. The van der Waals surface area contributed by atoms with Crippen LogP contribution in [-0.2, 0) is 6.54 Å². The number of hydrogen-bond acceptors (Lipinski definition) is 4. The lowest BCUT2D eigenvalue weighted by Gasteiger charge is -2.34. The first-order chi connectivity index (χ1) is 13.1. The number of aromatic nitrogens is 2. The number of hydrogen-bond donors (Lipinski definition) is 2. The van der Waals surface area contributed by atoms with E-state index in [9.17, 15) is 4.79 Å². The molecule has 2 aromatic carbocycles. The minimum Gasteiger partial charge on any atom is -0.381 e. The molecule has 0 bridgehead atoms. The first-order valence-electron chi connectivity index (χ1n) is 9.36. The van der Waals surface area contributed by atoms with Crippen LogP contribution >= 0.6 is 11.6 Å². The summed E-state index contributed by atoms with van der Waals surface area (Å²) in [5.41, 5.74) is 3.25. The maximum atomic E-state index is 11.9. The zero-order valence-electron chi connectivity index (χ0n) is 15.3. The van der Waals surface area contributed by atoms with Crippen LogP contribution in [0.2, 0.25) is 5.15 Å². The van der Waals surface area contributed by atoms with E-state index in [4.69, 9.17) is 11.6 Å². The monoisotopic (exact) mass is 382 g/mol. The number of nitrogens with zero attached hydrogens (tertiary/aromatic N) is 2. The molecule has 0 saturated carbocycles. The summed E-state index contributed by atoms with van der Waals surface area (Å²) in [6.45, 7) is 5.25. The Morgan fingerprint density at radius 1 is 1.26 bits per heavy atom. The third-order valence-corrected chi connectivity index (χ3v) is 5.50. The molecule has 3 aromatic rings. The van der Waals surface area contributed by atoms with E-state index >= 15 is 0 Å². The summed E-state index contributed by atoms with van der Waals surface area (Å²) in [7, 11) is 0. The molecule has 1 aliphatic heterocycles. The Morgan fingerprint density at radius 3 is 2.96 bits per heavy atom. The highest BCUT2D eigenvalue weighted by Gasteiger charge is 2.18. The number of fused-ring (bicyclic) bond motifs is 1. The fraction of sp³-hybridized carbons (Fsp3) is 0.333. The van der Waals surface area contributed by atoms with Gasteiger partial charge in [0.2, 0.25) is 0 Å². The van der Waals surface area contributed by atoms with Crippen molar-refractivity contribution in [3.63, 3.8) is 0 Å². The average Bonchev–Trinajstić information content (AvgIpc) is 2.69. The Labute approximate surface area is 163 Å². The molecule has 27 heavy (non-hydrogen) atoms. The molecule has 2 N–H and O–H groups in total. The second kappa shape index (κ2) is 7.61. The fourth-order valence-electron chi connectivity index (χ4n) is 3.82. The van der Waals surface area contributed by atoms with Gasteiger partial charge in [-0.3, -0.25) is 4.79 Å². The van der Waals surface area contributed by atoms with Crippen LogP contribution in [0, 0.1) is 5.92 Å². The lowest BCUT2D eigenvalue weighted by Crippen LogP contribution is -2.34. The van der Waals surface area contributed by atoms with Gasteiger partial charge >= 0.3 is 0 Å². The van der Waals surface area contributed by atoms with Gasteiger partial charge in [-0.05, 0) is 48.6 Å². The zero-order valence-corrected chi connectivity index (χ0v) is 16.1. The molecular weight excluding hydrogens is 360 g/mol. The molecule has 0 spiro atoms. The Kier molecular flexibility index (Phi) is 5.03. The van der Waals surface area contributed by atoms with Crippen molar-refractivity contribution < 1.29 is 0 Å². The van der Waals surface area contributed by atoms with E-state index in [0.29, 0.717) is 22.5 Å². The summed E-state index contributed by atoms with van der Waals surface area (Å²) < 4.78 is 0. The highest BCUT2D eigenvalue weighted by molar-refractivity contribution is 6.34. The van der Waals surface area contributed by atoms with Gasteiger partial charge in [0, 0.05) is 36.4 Å². The van der Waals surface area contributed by atoms with E-state index in [1.165, 1.54) is 24.1 Å². The number of halogens is 1. The van der Waals surface area contributed by atoms with Crippen LogP contribution in [-0.4, -0.2) is 23.3 Å². The minimum absolute atomic E-state index is 0.231. The second-order valence-electron chi connectivity index (χ2n) is 7.28. The number of piperidine rings is 1. The zero-order chi connectivity index (χ0) is 18.8. The third kappa shape index (κ3) is 3.78. The van der Waals surface area contributed by atoms with Crippen LogP contribution in [0.3, 0.4) is 0 Å². The van der Waals surface area contributed by atoms with Crippen molar-refractivity contribution in [1.29, 1.82) is 0 Å². The Bertz CT molecular complexity index is 1020. The smallest absolute Gasteiger partial charge is 0.272 e. The summed E-state index contributed by atoms with van der Waals surface area (Å²) in [5.74, 6) is 0.730. The van der Waals surface area contributed by atoms with E-state index in [0.717, 1.165) is 24.7 Å². The maximum Gasteiger partial charge on any atom is 0.272 e. The Morgan fingerprint density at radius 2 is 2.11 bits per heavy atom. The van der Waals surface area contributed by atoms with Crippen molar-refractivity contribution in [3.8, 4) is 0 Å². The van der Waals surface area contributed by atoms with E-state index in [2.05, 4.69) is 51.6 Å². The van der Waals surface area contributed by atoms with Gasteiger partial charge in [0.25, 0.3) is 5.56 Å². The highest BCUT2D eigenvalue weighted by Crippen LogP contribution is 2.27. The lowest BCUT2D eigenvalue weighted by molar-refractivity contribution is 0.446. The third-order valence-electron chi connectivity index (χ3n) is 5.21. The number of rotatable bonds is 4. The molecule has 1 saturated heterocycles. The highest BCUT2D eigenvalue weighted by atomic mass is 35.5. The summed E-state index contributed by atoms with van der Waals surface area (Å²) in [6.07, 6.45) is 2.55. The number of nitrogens with one attached hydrogen (secondary N) is 2. The topological polar surface area (TPSA) is 61.0 Å².